The summed E-state index contributed by atoms with van der Waals surface area (Å²) in [5.41, 5.74) is 7.02. The molecule has 0 atom stereocenters. The van der Waals surface area contributed by atoms with Crippen molar-refractivity contribution in [3.05, 3.63) is 49.3 Å². The Balaban J connectivity index is 2.29. The predicted molar refractivity (Wildman–Crippen MR) is 72.6 cm³/mol. The number of aromatic nitrogens is 1. The monoisotopic (exact) mass is 330 g/mol. The molecule has 3 nitrogen and oxygen atoms in total. The van der Waals surface area contributed by atoms with E-state index in [0.717, 1.165) is 5.56 Å². The summed E-state index contributed by atoms with van der Waals surface area (Å²) in [5.74, 6) is -0.447. The van der Waals surface area contributed by atoms with Crippen molar-refractivity contribution in [3.63, 3.8) is 0 Å². The third kappa shape index (κ3) is 3.06. The quantitative estimate of drug-likeness (QED) is 0.938. The van der Waals surface area contributed by atoms with E-state index >= 15 is 0 Å². The normalized spacial score (nSPS) is 10.5. The van der Waals surface area contributed by atoms with Crippen LogP contribution in [-0.2, 0) is 6.42 Å². The molecular formula is C11H8BrClN2OS. The number of nitrogens with zero attached hydrogens (tertiary/aromatic N) is 1. The largest absolute Gasteiger partial charge is 0.365 e. The lowest BCUT2D eigenvalue weighted by atomic mass is 10.1. The van der Waals surface area contributed by atoms with E-state index in [2.05, 4.69) is 20.9 Å². The smallest absolute Gasteiger partial charge is 0.260 e. The van der Waals surface area contributed by atoms with Gasteiger partial charge in [0.1, 0.15) is 4.88 Å². The Labute approximate surface area is 116 Å². The summed E-state index contributed by atoms with van der Waals surface area (Å²) >= 11 is 10.3. The Morgan fingerprint density at radius 3 is 2.65 bits per heavy atom. The summed E-state index contributed by atoms with van der Waals surface area (Å²) in [7, 11) is 0. The topological polar surface area (TPSA) is 56.0 Å². The first-order chi connectivity index (χ1) is 8.06. The fraction of sp³-hybridized carbons (Fsp3) is 0.0909. The first-order valence-electron chi connectivity index (χ1n) is 4.75. The average Bonchev–Trinajstić information content (AvgIpc) is 2.63. The SMILES string of the molecule is NC(=O)c1sc(Br)nc1Cc1ccc(Cl)cc1. The van der Waals surface area contributed by atoms with Crippen LogP contribution in [0.3, 0.4) is 0 Å². The number of carbonyl (C=O) groups is 1. The standard InChI is InChI=1S/C11H8BrClN2OS/c12-11-15-8(9(17-11)10(14)16)5-6-1-3-7(13)4-2-6/h1-4H,5H2,(H2,14,16). The van der Waals surface area contributed by atoms with E-state index in [4.69, 9.17) is 17.3 Å². The zero-order chi connectivity index (χ0) is 12.4. The second kappa shape index (κ2) is 5.16. The van der Waals surface area contributed by atoms with Crippen molar-refractivity contribution in [2.45, 2.75) is 6.42 Å². The third-order valence-electron chi connectivity index (χ3n) is 2.18. The van der Waals surface area contributed by atoms with Gasteiger partial charge < -0.3 is 5.73 Å². The molecule has 0 radical (unpaired) electrons. The summed E-state index contributed by atoms with van der Waals surface area (Å²) < 4.78 is 0.662. The van der Waals surface area contributed by atoms with Crippen LogP contribution in [0.1, 0.15) is 20.9 Å². The molecule has 0 unspecified atom stereocenters. The molecule has 0 spiro atoms. The highest BCUT2D eigenvalue weighted by Crippen LogP contribution is 2.25. The number of hydrogen-bond donors (Lipinski definition) is 1. The maximum Gasteiger partial charge on any atom is 0.260 e. The minimum atomic E-state index is -0.447. The van der Waals surface area contributed by atoms with Gasteiger partial charge >= 0.3 is 0 Å². The number of rotatable bonds is 3. The molecule has 1 aromatic carbocycles. The second-order valence-corrected chi connectivity index (χ2v) is 6.12. The van der Waals surface area contributed by atoms with Gasteiger partial charge in [0.15, 0.2) is 3.92 Å². The van der Waals surface area contributed by atoms with E-state index < -0.39 is 5.91 Å². The van der Waals surface area contributed by atoms with Gasteiger partial charge in [-0.05, 0) is 33.6 Å². The van der Waals surface area contributed by atoms with E-state index in [1.54, 1.807) is 0 Å². The Bertz CT molecular complexity index is 553. The molecule has 6 heteroatoms. The zero-order valence-corrected chi connectivity index (χ0v) is 11.8. The molecule has 0 saturated heterocycles. The summed E-state index contributed by atoms with van der Waals surface area (Å²) in [5, 5.41) is 0.684. The minimum Gasteiger partial charge on any atom is -0.365 e. The van der Waals surface area contributed by atoms with Crippen LogP contribution < -0.4 is 5.73 Å². The van der Waals surface area contributed by atoms with Gasteiger partial charge in [0.2, 0.25) is 0 Å². The maximum atomic E-state index is 11.2. The van der Waals surface area contributed by atoms with Crippen LogP contribution in [0.25, 0.3) is 0 Å². The van der Waals surface area contributed by atoms with Crippen LogP contribution in [0.4, 0.5) is 0 Å². The summed E-state index contributed by atoms with van der Waals surface area (Å²) in [4.78, 5) is 16.0. The fourth-order valence-electron chi connectivity index (χ4n) is 1.43. The third-order valence-corrected chi connectivity index (χ3v) is 4.00. The van der Waals surface area contributed by atoms with Crippen LogP contribution in [-0.4, -0.2) is 10.9 Å². The van der Waals surface area contributed by atoms with Gasteiger partial charge in [0, 0.05) is 11.4 Å². The highest BCUT2D eigenvalue weighted by molar-refractivity contribution is 9.11. The molecular weight excluding hydrogens is 324 g/mol. The van der Waals surface area contributed by atoms with Crippen molar-refractivity contribution >= 4 is 44.8 Å². The van der Waals surface area contributed by atoms with Gasteiger partial charge in [0.25, 0.3) is 5.91 Å². The molecule has 1 aromatic heterocycles. The highest BCUT2D eigenvalue weighted by atomic mass is 79.9. The molecule has 0 aliphatic rings. The zero-order valence-electron chi connectivity index (χ0n) is 8.61. The molecule has 1 amide bonds. The van der Waals surface area contributed by atoms with Gasteiger partial charge in [-0.15, -0.1) is 11.3 Å². The number of benzene rings is 1. The van der Waals surface area contributed by atoms with Gasteiger partial charge in [0.05, 0.1) is 5.69 Å². The number of hydrogen-bond acceptors (Lipinski definition) is 3. The van der Waals surface area contributed by atoms with Crippen molar-refractivity contribution < 1.29 is 4.79 Å². The van der Waals surface area contributed by atoms with Crippen molar-refractivity contribution in [1.29, 1.82) is 0 Å². The van der Waals surface area contributed by atoms with Crippen molar-refractivity contribution in [1.82, 2.24) is 4.98 Å². The molecule has 0 aliphatic heterocycles. The Kier molecular flexibility index (Phi) is 3.81. The number of thiazole rings is 1. The Morgan fingerprint density at radius 2 is 2.06 bits per heavy atom. The lowest BCUT2D eigenvalue weighted by Gasteiger charge is -2.00. The van der Waals surface area contributed by atoms with Gasteiger partial charge in [-0.2, -0.15) is 0 Å². The minimum absolute atomic E-state index is 0.447. The lowest BCUT2D eigenvalue weighted by molar-refractivity contribution is 0.100. The van der Waals surface area contributed by atoms with E-state index in [1.165, 1.54) is 11.3 Å². The first-order valence-corrected chi connectivity index (χ1v) is 6.74. The average molecular weight is 332 g/mol. The number of amides is 1. The van der Waals surface area contributed by atoms with Crippen LogP contribution in [0.2, 0.25) is 5.02 Å². The van der Waals surface area contributed by atoms with Crippen LogP contribution in [0.15, 0.2) is 28.2 Å². The second-order valence-electron chi connectivity index (χ2n) is 3.41. The van der Waals surface area contributed by atoms with Gasteiger partial charge in [-0.3, -0.25) is 4.79 Å². The molecule has 88 valence electrons. The van der Waals surface area contributed by atoms with Crippen molar-refractivity contribution in [2.75, 3.05) is 0 Å². The van der Waals surface area contributed by atoms with Crippen molar-refractivity contribution in [3.8, 4) is 0 Å². The van der Waals surface area contributed by atoms with E-state index in [-0.39, 0.29) is 0 Å². The highest BCUT2D eigenvalue weighted by Gasteiger charge is 2.14. The van der Waals surface area contributed by atoms with Gasteiger partial charge in [-0.25, -0.2) is 4.98 Å². The molecule has 0 fully saturated rings. The van der Waals surface area contributed by atoms with Crippen LogP contribution >= 0.6 is 38.9 Å². The Hall–Kier alpha value is -0.910. The van der Waals surface area contributed by atoms with Crippen LogP contribution in [0.5, 0.6) is 0 Å². The first kappa shape index (κ1) is 12.5. The maximum absolute atomic E-state index is 11.2. The molecule has 1 heterocycles. The number of halogens is 2. The summed E-state index contributed by atoms with van der Waals surface area (Å²) in [6.45, 7) is 0. The van der Waals surface area contributed by atoms with Gasteiger partial charge in [-0.1, -0.05) is 23.7 Å². The number of primary amides is 1. The molecule has 2 rings (SSSR count). The number of carbonyl (C=O) groups excluding carboxylic acids is 1. The number of nitrogens with two attached hydrogens (primary N) is 1. The van der Waals surface area contributed by atoms with Crippen molar-refractivity contribution in [2.24, 2.45) is 5.73 Å². The predicted octanol–water partition coefficient (Wildman–Crippen LogP) is 3.25. The lowest BCUT2D eigenvalue weighted by Crippen LogP contribution is -2.11. The fourth-order valence-corrected chi connectivity index (χ4v) is 2.92. The molecule has 2 N–H and O–H groups in total. The van der Waals surface area contributed by atoms with E-state index in [9.17, 15) is 4.79 Å². The molecule has 0 bridgehead atoms. The molecule has 0 aliphatic carbocycles. The van der Waals surface area contributed by atoms with Crippen LogP contribution in [0, 0.1) is 0 Å². The van der Waals surface area contributed by atoms with E-state index in [0.29, 0.717) is 25.9 Å². The summed E-state index contributed by atoms with van der Waals surface area (Å²) in [6.07, 6.45) is 0.567. The van der Waals surface area contributed by atoms with E-state index in [1.807, 2.05) is 24.3 Å². The summed E-state index contributed by atoms with van der Waals surface area (Å²) in [6, 6.07) is 7.42. The Morgan fingerprint density at radius 1 is 1.41 bits per heavy atom. The molecule has 17 heavy (non-hydrogen) atoms. The molecule has 2 aromatic rings. The molecule has 0 saturated carbocycles.